The van der Waals surface area contributed by atoms with Crippen LogP contribution >= 0.6 is 23.1 Å². The van der Waals surface area contributed by atoms with Crippen molar-refractivity contribution in [1.29, 1.82) is 0 Å². The van der Waals surface area contributed by atoms with Crippen molar-refractivity contribution in [2.24, 2.45) is 0 Å². The van der Waals surface area contributed by atoms with Gasteiger partial charge in [0.1, 0.15) is 11.5 Å². The number of hydrogen-bond acceptors (Lipinski definition) is 7. The summed E-state index contributed by atoms with van der Waals surface area (Å²) in [5.41, 5.74) is -0.284. The van der Waals surface area contributed by atoms with Gasteiger partial charge in [0, 0.05) is 17.2 Å². The number of fused-ring (bicyclic) bond motifs is 1. The molecule has 6 nitrogen and oxygen atoms in total. The number of halogens is 2. The second kappa shape index (κ2) is 8.87. The lowest BCUT2D eigenvalue weighted by Gasteiger charge is -2.21. The van der Waals surface area contributed by atoms with Crippen molar-refractivity contribution in [1.82, 2.24) is 14.5 Å². The van der Waals surface area contributed by atoms with Crippen molar-refractivity contribution in [2.45, 2.75) is 16.8 Å². The van der Waals surface area contributed by atoms with Crippen molar-refractivity contribution in [2.75, 3.05) is 20.5 Å². The first-order chi connectivity index (χ1) is 15.4. The molecule has 4 rings (SSSR count). The van der Waals surface area contributed by atoms with Gasteiger partial charge in [0.25, 0.3) is 5.56 Å². The number of alkyl halides is 2. The molecule has 0 N–H and O–H groups in total. The third kappa shape index (κ3) is 3.95. The maximum atomic E-state index is 15.7. The van der Waals surface area contributed by atoms with Crippen LogP contribution < -0.4 is 15.0 Å². The minimum absolute atomic E-state index is 0.0689. The molecule has 10 heteroatoms. The van der Waals surface area contributed by atoms with Crippen molar-refractivity contribution in [3.8, 4) is 11.5 Å². The van der Waals surface area contributed by atoms with Gasteiger partial charge in [-0.05, 0) is 18.4 Å². The smallest absolute Gasteiger partial charge is 0.330 e. The molecule has 0 fully saturated rings. The predicted octanol–water partition coefficient (Wildman–Crippen LogP) is 4.78. The van der Waals surface area contributed by atoms with Crippen LogP contribution in [0.25, 0.3) is 10.3 Å². The molecule has 0 atom stereocenters. The van der Waals surface area contributed by atoms with Gasteiger partial charge in [-0.1, -0.05) is 53.4 Å². The van der Waals surface area contributed by atoms with E-state index < -0.39 is 17.3 Å². The first-order valence-electron chi connectivity index (χ1n) is 9.49. The largest absolute Gasteiger partial charge is 0.497 e. The Morgan fingerprint density at radius 3 is 2.50 bits per heavy atom. The van der Waals surface area contributed by atoms with Crippen molar-refractivity contribution in [3.63, 3.8) is 0 Å². The van der Waals surface area contributed by atoms with E-state index in [1.807, 2.05) is 0 Å². The lowest BCUT2D eigenvalue weighted by molar-refractivity contribution is 0.0281. The van der Waals surface area contributed by atoms with Gasteiger partial charge in [-0.3, -0.25) is 9.36 Å². The highest BCUT2D eigenvalue weighted by Crippen LogP contribution is 2.36. The van der Waals surface area contributed by atoms with E-state index in [1.54, 1.807) is 30.5 Å². The summed E-state index contributed by atoms with van der Waals surface area (Å²) in [5, 5.41) is 0. The number of nitrogens with zero attached hydrogens (tertiary/aromatic N) is 3. The van der Waals surface area contributed by atoms with Crippen LogP contribution in [0, 0.1) is 0 Å². The maximum Gasteiger partial charge on any atom is 0.330 e. The molecule has 0 unspecified atom stereocenters. The molecule has 2 aromatic heterocycles. The second-order valence-electron chi connectivity index (χ2n) is 6.78. The normalized spacial score (nSPS) is 11.7. The molecule has 0 amide bonds. The van der Waals surface area contributed by atoms with Crippen LogP contribution in [0.1, 0.15) is 17.0 Å². The van der Waals surface area contributed by atoms with Crippen LogP contribution in [0.3, 0.4) is 0 Å². The highest BCUT2D eigenvalue weighted by atomic mass is 32.2. The monoisotopic (exact) mass is 475 g/mol. The predicted molar refractivity (Wildman–Crippen MR) is 122 cm³/mol. The van der Waals surface area contributed by atoms with Crippen LogP contribution in [0.5, 0.6) is 11.5 Å². The Balaban J connectivity index is 1.95. The molecular weight excluding hydrogens is 456 g/mol. The molecule has 0 aliphatic rings. The fourth-order valence-corrected chi connectivity index (χ4v) is 4.71. The summed E-state index contributed by atoms with van der Waals surface area (Å²) in [4.78, 5) is 22.0. The van der Waals surface area contributed by atoms with Gasteiger partial charge < -0.3 is 9.47 Å². The number of ether oxygens (including phenoxy) is 2. The first kappa shape index (κ1) is 22.2. The van der Waals surface area contributed by atoms with E-state index in [9.17, 15) is 4.79 Å². The lowest BCUT2D eigenvalue weighted by Crippen LogP contribution is -2.33. The topological polar surface area (TPSA) is 66.2 Å². The van der Waals surface area contributed by atoms with E-state index in [2.05, 4.69) is 9.97 Å². The molecular formula is C22H19F2N3O3S2. The van der Waals surface area contributed by atoms with E-state index in [0.29, 0.717) is 21.4 Å². The van der Waals surface area contributed by atoms with E-state index >= 15 is 8.78 Å². The van der Waals surface area contributed by atoms with Gasteiger partial charge in [0.2, 0.25) is 0 Å². The zero-order valence-electron chi connectivity index (χ0n) is 17.5. The minimum Gasteiger partial charge on any atom is -0.497 e. The third-order valence-electron chi connectivity index (χ3n) is 4.91. The Kier molecular flexibility index (Phi) is 6.16. The Labute approximate surface area is 190 Å². The standard InChI is InChI=1S/C22H19F2N3O3S2/c1-29-15-10-9-13(16(11-15)30-2)12-27-19(28)17-18(32-21(25-17)31-3)26-20(27)22(23,24)14-7-5-4-6-8-14/h4-11H,12H2,1-3H3. The maximum absolute atomic E-state index is 15.7. The molecule has 0 aliphatic carbocycles. The molecule has 0 bridgehead atoms. The average Bonchev–Trinajstić information content (AvgIpc) is 3.25. The molecule has 4 aromatic rings. The zero-order valence-corrected chi connectivity index (χ0v) is 19.1. The van der Waals surface area contributed by atoms with Crippen LogP contribution in [0.15, 0.2) is 57.7 Å². The lowest BCUT2D eigenvalue weighted by atomic mass is 10.1. The van der Waals surface area contributed by atoms with Crippen LogP contribution in [-0.2, 0) is 12.5 Å². The van der Waals surface area contributed by atoms with E-state index in [-0.39, 0.29) is 22.5 Å². The number of methoxy groups -OCH3 is 2. The molecule has 0 spiro atoms. The van der Waals surface area contributed by atoms with Gasteiger partial charge in [0.05, 0.1) is 20.8 Å². The molecule has 0 saturated carbocycles. The molecule has 32 heavy (non-hydrogen) atoms. The Hall–Kier alpha value is -2.98. The fraction of sp³-hybridized carbons (Fsp3) is 0.227. The number of thioether (sulfide) groups is 1. The number of rotatable bonds is 7. The highest BCUT2D eigenvalue weighted by Gasteiger charge is 2.40. The Morgan fingerprint density at radius 2 is 1.84 bits per heavy atom. The van der Waals surface area contributed by atoms with Crippen molar-refractivity contribution >= 4 is 33.4 Å². The van der Waals surface area contributed by atoms with E-state index in [1.165, 1.54) is 50.2 Å². The zero-order chi connectivity index (χ0) is 22.9. The summed E-state index contributed by atoms with van der Waals surface area (Å²) < 4.78 is 43.5. The van der Waals surface area contributed by atoms with Gasteiger partial charge in [0.15, 0.2) is 20.5 Å². The summed E-state index contributed by atoms with van der Waals surface area (Å²) in [6.45, 7) is -0.168. The molecule has 2 aromatic carbocycles. The molecule has 0 saturated heterocycles. The van der Waals surface area contributed by atoms with Gasteiger partial charge in [-0.25, -0.2) is 9.97 Å². The fourth-order valence-electron chi connectivity index (χ4n) is 3.29. The molecule has 166 valence electrons. The summed E-state index contributed by atoms with van der Waals surface area (Å²) in [6.07, 6.45) is 1.80. The van der Waals surface area contributed by atoms with Crippen LogP contribution in [0.4, 0.5) is 8.78 Å². The van der Waals surface area contributed by atoms with E-state index in [4.69, 9.17) is 9.47 Å². The van der Waals surface area contributed by atoms with Crippen LogP contribution in [-0.4, -0.2) is 35.0 Å². The number of hydrogen-bond donors (Lipinski definition) is 0. The molecule has 0 aliphatic heterocycles. The Bertz CT molecular complexity index is 1320. The third-order valence-corrected chi connectivity index (χ3v) is 6.85. The molecule has 0 radical (unpaired) electrons. The summed E-state index contributed by atoms with van der Waals surface area (Å²) in [6, 6.07) is 12.3. The summed E-state index contributed by atoms with van der Waals surface area (Å²) in [5.74, 6) is -3.19. The van der Waals surface area contributed by atoms with E-state index in [0.717, 1.165) is 15.9 Å². The number of thiazole rings is 1. The van der Waals surface area contributed by atoms with Crippen LogP contribution in [0.2, 0.25) is 0 Å². The quantitative estimate of drug-likeness (QED) is 0.359. The SMILES string of the molecule is COc1ccc(Cn2c(C(F)(F)c3ccccc3)nc3sc(SC)nc3c2=O)c(OC)c1. The average molecular weight is 476 g/mol. The number of benzene rings is 2. The van der Waals surface area contributed by atoms with Crippen molar-refractivity contribution in [3.05, 3.63) is 75.8 Å². The number of aromatic nitrogens is 3. The summed E-state index contributed by atoms with van der Waals surface area (Å²) in [7, 11) is 2.98. The van der Waals surface area contributed by atoms with Gasteiger partial charge in [-0.15, -0.1) is 0 Å². The Morgan fingerprint density at radius 1 is 1.09 bits per heavy atom. The minimum atomic E-state index is -3.50. The highest BCUT2D eigenvalue weighted by molar-refractivity contribution is 8.00. The summed E-state index contributed by atoms with van der Waals surface area (Å²) >= 11 is 2.45. The van der Waals surface area contributed by atoms with Gasteiger partial charge in [-0.2, -0.15) is 8.78 Å². The second-order valence-corrected chi connectivity index (χ2v) is 8.81. The molecule has 2 heterocycles. The van der Waals surface area contributed by atoms with Crippen molar-refractivity contribution < 1.29 is 18.3 Å². The first-order valence-corrected chi connectivity index (χ1v) is 11.5. The van der Waals surface area contributed by atoms with Gasteiger partial charge >= 0.3 is 5.92 Å².